The van der Waals surface area contributed by atoms with Crippen LogP contribution in [0.2, 0.25) is 0 Å². The zero-order chi connectivity index (χ0) is 14.4. The van der Waals surface area contributed by atoms with Gasteiger partial charge in [-0.05, 0) is 44.0 Å². The highest BCUT2D eigenvalue weighted by molar-refractivity contribution is 5.42. The van der Waals surface area contributed by atoms with Gasteiger partial charge in [-0.2, -0.15) is 0 Å². The number of anilines is 1. The largest absolute Gasteiger partial charge is 0.384 e. The van der Waals surface area contributed by atoms with Crippen molar-refractivity contribution in [3.63, 3.8) is 0 Å². The Balaban J connectivity index is 1.79. The molecule has 2 heteroatoms. The third-order valence-corrected chi connectivity index (χ3v) is 3.57. The molecule has 0 amide bonds. The zero-order valence-electron chi connectivity index (χ0n) is 12.6. The SMILES string of the molecule is Cc1ccc(C(C)NCCNc2ccccc2)c(C)c1. The van der Waals surface area contributed by atoms with E-state index in [0.717, 1.165) is 13.1 Å². The standard InChI is InChI=1S/C18H24N2/c1-14-9-10-18(15(2)13-14)16(3)19-11-12-20-17-7-5-4-6-8-17/h4-10,13,16,19-20H,11-12H2,1-3H3. The molecule has 0 saturated heterocycles. The van der Waals surface area contributed by atoms with Gasteiger partial charge >= 0.3 is 0 Å². The van der Waals surface area contributed by atoms with Gasteiger partial charge in [0.1, 0.15) is 0 Å². The Morgan fingerprint density at radius 1 is 0.950 bits per heavy atom. The van der Waals surface area contributed by atoms with Crippen LogP contribution in [-0.4, -0.2) is 13.1 Å². The molecule has 20 heavy (non-hydrogen) atoms. The van der Waals surface area contributed by atoms with Crippen LogP contribution < -0.4 is 10.6 Å². The van der Waals surface area contributed by atoms with Crippen LogP contribution in [0.4, 0.5) is 5.69 Å². The van der Waals surface area contributed by atoms with Gasteiger partial charge in [-0.25, -0.2) is 0 Å². The molecule has 0 aliphatic rings. The summed E-state index contributed by atoms with van der Waals surface area (Å²) in [5.41, 5.74) is 5.24. The van der Waals surface area contributed by atoms with Gasteiger partial charge < -0.3 is 10.6 Å². The summed E-state index contributed by atoms with van der Waals surface area (Å²) in [6, 6.07) is 17.4. The van der Waals surface area contributed by atoms with E-state index in [9.17, 15) is 0 Å². The molecule has 0 aromatic heterocycles. The van der Waals surface area contributed by atoms with Crippen LogP contribution in [0, 0.1) is 13.8 Å². The Labute approximate surface area is 122 Å². The fourth-order valence-electron chi connectivity index (χ4n) is 2.47. The summed E-state index contributed by atoms with van der Waals surface area (Å²) in [5.74, 6) is 0. The van der Waals surface area contributed by atoms with Crippen molar-refractivity contribution in [1.82, 2.24) is 5.32 Å². The first-order valence-electron chi connectivity index (χ1n) is 7.26. The molecule has 0 aliphatic heterocycles. The van der Waals surface area contributed by atoms with Gasteiger partial charge in [0.05, 0.1) is 0 Å². The van der Waals surface area contributed by atoms with Crippen LogP contribution in [0.3, 0.4) is 0 Å². The molecule has 2 rings (SSSR count). The monoisotopic (exact) mass is 268 g/mol. The van der Waals surface area contributed by atoms with Gasteiger partial charge in [0.25, 0.3) is 0 Å². The van der Waals surface area contributed by atoms with E-state index in [1.807, 2.05) is 18.2 Å². The Bertz CT molecular complexity index is 534. The van der Waals surface area contributed by atoms with Gasteiger partial charge in [0.15, 0.2) is 0 Å². The summed E-state index contributed by atoms with van der Waals surface area (Å²) in [7, 11) is 0. The normalized spacial score (nSPS) is 12.2. The summed E-state index contributed by atoms with van der Waals surface area (Å²) in [5, 5.41) is 6.98. The smallest absolute Gasteiger partial charge is 0.0340 e. The second-order valence-corrected chi connectivity index (χ2v) is 5.33. The lowest BCUT2D eigenvalue weighted by Gasteiger charge is -2.17. The Hall–Kier alpha value is -1.80. The number of benzene rings is 2. The first-order chi connectivity index (χ1) is 9.66. The lowest BCUT2D eigenvalue weighted by atomic mass is 10.0. The van der Waals surface area contributed by atoms with E-state index in [4.69, 9.17) is 0 Å². The summed E-state index contributed by atoms with van der Waals surface area (Å²) >= 11 is 0. The van der Waals surface area contributed by atoms with Crippen molar-refractivity contribution < 1.29 is 0 Å². The fraction of sp³-hybridized carbons (Fsp3) is 0.333. The molecular formula is C18H24N2. The lowest BCUT2D eigenvalue weighted by Crippen LogP contribution is -2.25. The van der Waals surface area contributed by atoms with Gasteiger partial charge in [-0.15, -0.1) is 0 Å². The van der Waals surface area contributed by atoms with Crippen LogP contribution in [-0.2, 0) is 0 Å². The average Bonchev–Trinajstić information content (AvgIpc) is 2.44. The van der Waals surface area contributed by atoms with Gasteiger partial charge in [0, 0.05) is 24.8 Å². The van der Waals surface area contributed by atoms with Gasteiger partial charge in [-0.1, -0.05) is 42.0 Å². The molecule has 2 aromatic carbocycles. The van der Waals surface area contributed by atoms with Crippen molar-refractivity contribution in [2.75, 3.05) is 18.4 Å². The van der Waals surface area contributed by atoms with Crippen LogP contribution in [0.25, 0.3) is 0 Å². The molecule has 0 aliphatic carbocycles. The molecule has 2 nitrogen and oxygen atoms in total. The highest BCUT2D eigenvalue weighted by atomic mass is 15.0. The number of hydrogen-bond donors (Lipinski definition) is 2. The summed E-state index contributed by atoms with van der Waals surface area (Å²) in [4.78, 5) is 0. The molecule has 2 N–H and O–H groups in total. The predicted molar refractivity (Wildman–Crippen MR) is 87.3 cm³/mol. The predicted octanol–water partition coefficient (Wildman–Crippen LogP) is 4.07. The zero-order valence-corrected chi connectivity index (χ0v) is 12.6. The highest BCUT2D eigenvalue weighted by Crippen LogP contribution is 2.18. The number of rotatable bonds is 6. The maximum Gasteiger partial charge on any atom is 0.0340 e. The fourth-order valence-corrected chi connectivity index (χ4v) is 2.47. The summed E-state index contributed by atoms with van der Waals surface area (Å²) < 4.78 is 0. The molecular weight excluding hydrogens is 244 g/mol. The highest BCUT2D eigenvalue weighted by Gasteiger charge is 2.07. The quantitative estimate of drug-likeness (QED) is 0.772. The van der Waals surface area contributed by atoms with E-state index in [2.05, 4.69) is 61.7 Å². The van der Waals surface area contributed by atoms with E-state index in [-0.39, 0.29) is 0 Å². The minimum absolute atomic E-state index is 0.383. The molecule has 1 unspecified atom stereocenters. The molecule has 2 aromatic rings. The van der Waals surface area contributed by atoms with Crippen molar-refractivity contribution in [3.8, 4) is 0 Å². The topological polar surface area (TPSA) is 24.1 Å². The molecule has 106 valence electrons. The maximum absolute atomic E-state index is 3.57. The van der Waals surface area contributed by atoms with Crippen LogP contribution in [0.1, 0.15) is 29.7 Å². The second-order valence-electron chi connectivity index (χ2n) is 5.33. The van der Waals surface area contributed by atoms with Gasteiger partial charge in [-0.3, -0.25) is 0 Å². The minimum atomic E-state index is 0.383. The number of hydrogen-bond acceptors (Lipinski definition) is 2. The van der Waals surface area contributed by atoms with Crippen molar-refractivity contribution in [1.29, 1.82) is 0 Å². The Kier molecular flexibility index (Phi) is 5.19. The van der Waals surface area contributed by atoms with Crippen molar-refractivity contribution in [2.45, 2.75) is 26.8 Å². The van der Waals surface area contributed by atoms with Crippen molar-refractivity contribution in [2.24, 2.45) is 0 Å². The van der Waals surface area contributed by atoms with E-state index in [1.54, 1.807) is 0 Å². The van der Waals surface area contributed by atoms with Crippen molar-refractivity contribution in [3.05, 3.63) is 65.2 Å². The Morgan fingerprint density at radius 3 is 2.40 bits per heavy atom. The third kappa shape index (κ3) is 4.10. The minimum Gasteiger partial charge on any atom is -0.384 e. The molecule has 1 atom stereocenters. The van der Waals surface area contributed by atoms with E-state index in [0.29, 0.717) is 6.04 Å². The van der Waals surface area contributed by atoms with Crippen molar-refractivity contribution >= 4 is 5.69 Å². The number of nitrogens with one attached hydrogen (secondary N) is 2. The maximum atomic E-state index is 3.57. The van der Waals surface area contributed by atoms with E-state index < -0.39 is 0 Å². The first-order valence-corrected chi connectivity index (χ1v) is 7.26. The summed E-state index contributed by atoms with van der Waals surface area (Å²) in [6.07, 6.45) is 0. The molecule has 0 fully saturated rings. The second kappa shape index (κ2) is 7.11. The molecule has 0 saturated carbocycles. The van der Waals surface area contributed by atoms with Gasteiger partial charge in [0.2, 0.25) is 0 Å². The van der Waals surface area contributed by atoms with E-state index in [1.165, 1.54) is 22.4 Å². The van der Waals surface area contributed by atoms with E-state index >= 15 is 0 Å². The third-order valence-electron chi connectivity index (χ3n) is 3.57. The number of para-hydroxylation sites is 1. The molecule has 0 radical (unpaired) electrons. The first kappa shape index (κ1) is 14.6. The number of aryl methyl sites for hydroxylation is 2. The molecule has 0 heterocycles. The lowest BCUT2D eigenvalue weighted by molar-refractivity contribution is 0.585. The van der Waals surface area contributed by atoms with Crippen LogP contribution in [0.5, 0.6) is 0 Å². The molecule has 0 bridgehead atoms. The summed E-state index contributed by atoms with van der Waals surface area (Å²) in [6.45, 7) is 8.42. The Morgan fingerprint density at radius 2 is 1.70 bits per heavy atom. The van der Waals surface area contributed by atoms with Crippen LogP contribution >= 0.6 is 0 Å². The van der Waals surface area contributed by atoms with Crippen LogP contribution in [0.15, 0.2) is 48.5 Å². The molecule has 0 spiro atoms. The average molecular weight is 268 g/mol.